The van der Waals surface area contributed by atoms with Crippen molar-refractivity contribution in [3.63, 3.8) is 0 Å². The minimum atomic E-state index is -4.13. The summed E-state index contributed by atoms with van der Waals surface area (Å²) in [7, 11) is -4.13. The predicted molar refractivity (Wildman–Crippen MR) is 57.9 cm³/mol. The fourth-order valence-electron chi connectivity index (χ4n) is 2.15. The highest BCUT2D eigenvalue weighted by atomic mass is 32.2. The molecule has 3 rings (SSSR count). The molecule has 2 heterocycles. The van der Waals surface area contributed by atoms with Gasteiger partial charge in [-0.3, -0.25) is 4.55 Å². The summed E-state index contributed by atoms with van der Waals surface area (Å²) >= 11 is 0. The molecule has 0 fully saturated rings. The second kappa shape index (κ2) is 3.05. The number of aryl methyl sites for hydroxylation is 2. The van der Waals surface area contributed by atoms with E-state index in [1.807, 2.05) is 4.57 Å². The third-order valence-corrected chi connectivity index (χ3v) is 3.73. The van der Waals surface area contributed by atoms with E-state index in [0.717, 1.165) is 36.2 Å². The van der Waals surface area contributed by atoms with Gasteiger partial charge in [-0.2, -0.15) is 8.42 Å². The zero-order valence-corrected chi connectivity index (χ0v) is 9.24. The SMILES string of the molecule is O=S(=O)(O)c1ccc2nc3n(c2c1)CCC3. The van der Waals surface area contributed by atoms with Crippen molar-refractivity contribution in [2.75, 3.05) is 0 Å². The zero-order valence-electron chi connectivity index (χ0n) is 8.42. The van der Waals surface area contributed by atoms with Gasteiger partial charge in [-0.05, 0) is 24.6 Å². The highest BCUT2D eigenvalue weighted by Gasteiger charge is 2.18. The van der Waals surface area contributed by atoms with Crippen molar-refractivity contribution >= 4 is 21.2 Å². The Kier molecular flexibility index (Phi) is 1.87. The second-order valence-electron chi connectivity index (χ2n) is 3.91. The lowest BCUT2D eigenvalue weighted by Crippen LogP contribution is -1.98. The van der Waals surface area contributed by atoms with Crippen LogP contribution in [0.2, 0.25) is 0 Å². The molecule has 84 valence electrons. The quantitative estimate of drug-likeness (QED) is 0.758. The molecule has 0 spiro atoms. The molecule has 0 amide bonds. The summed E-state index contributed by atoms with van der Waals surface area (Å²) in [6.45, 7) is 0.862. The Hall–Kier alpha value is -1.40. The number of rotatable bonds is 1. The van der Waals surface area contributed by atoms with Crippen molar-refractivity contribution in [2.24, 2.45) is 0 Å². The van der Waals surface area contributed by atoms with Gasteiger partial charge in [0.2, 0.25) is 0 Å². The Balaban J connectivity index is 2.32. The van der Waals surface area contributed by atoms with Crippen molar-refractivity contribution in [1.29, 1.82) is 0 Å². The Labute approximate surface area is 92.5 Å². The molecule has 0 radical (unpaired) electrons. The number of nitrogens with zero attached hydrogens (tertiary/aromatic N) is 2. The first-order valence-corrected chi connectivity index (χ1v) is 6.46. The molecule has 0 aliphatic carbocycles. The summed E-state index contributed by atoms with van der Waals surface area (Å²) in [4.78, 5) is 4.33. The molecular formula is C10H10N2O3S. The summed E-state index contributed by atoms with van der Waals surface area (Å²) in [5, 5.41) is 0. The minimum absolute atomic E-state index is 0.0744. The Bertz CT molecular complexity index is 673. The molecule has 1 N–H and O–H groups in total. The lowest BCUT2D eigenvalue weighted by molar-refractivity contribution is 0.483. The van der Waals surface area contributed by atoms with Crippen LogP contribution in [0.3, 0.4) is 0 Å². The molecule has 0 atom stereocenters. The van der Waals surface area contributed by atoms with Crippen molar-refractivity contribution in [1.82, 2.24) is 9.55 Å². The van der Waals surface area contributed by atoms with Crippen LogP contribution in [0, 0.1) is 0 Å². The van der Waals surface area contributed by atoms with E-state index < -0.39 is 10.1 Å². The van der Waals surface area contributed by atoms with Crippen LogP contribution in [0.5, 0.6) is 0 Å². The van der Waals surface area contributed by atoms with Gasteiger partial charge in [0.05, 0.1) is 15.9 Å². The van der Waals surface area contributed by atoms with E-state index in [-0.39, 0.29) is 4.90 Å². The molecule has 0 unspecified atom stereocenters. The molecule has 5 nitrogen and oxygen atoms in total. The molecule has 0 saturated heterocycles. The van der Waals surface area contributed by atoms with E-state index >= 15 is 0 Å². The fraction of sp³-hybridized carbons (Fsp3) is 0.300. The number of fused-ring (bicyclic) bond motifs is 3. The highest BCUT2D eigenvalue weighted by Crippen LogP contribution is 2.24. The minimum Gasteiger partial charge on any atom is -0.328 e. The van der Waals surface area contributed by atoms with Gasteiger partial charge in [0, 0.05) is 13.0 Å². The molecular weight excluding hydrogens is 228 g/mol. The Morgan fingerprint density at radius 1 is 1.38 bits per heavy atom. The summed E-state index contributed by atoms with van der Waals surface area (Å²) in [5.74, 6) is 0.988. The van der Waals surface area contributed by atoms with Gasteiger partial charge in [-0.1, -0.05) is 0 Å². The molecule has 6 heteroatoms. The lowest BCUT2D eigenvalue weighted by Gasteiger charge is -2.00. The maximum Gasteiger partial charge on any atom is 0.294 e. The highest BCUT2D eigenvalue weighted by molar-refractivity contribution is 7.85. The maximum atomic E-state index is 11.0. The third kappa shape index (κ3) is 1.34. The van der Waals surface area contributed by atoms with E-state index in [9.17, 15) is 8.42 Å². The van der Waals surface area contributed by atoms with Crippen LogP contribution in [0.4, 0.5) is 0 Å². The van der Waals surface area contributed by atoms with Gasteiger partial charge in [-0.25, -0.2) is 4.98 Å². The Morgan fingerprint density at radius 2 is 2.19 bits per heavy atom. The van der Waals surface area contributed by atoms with Crippen molar-refractivity contribution in [3.05, 3.63) is 24.0 Å². The molecule has 0 saturated carbocycles. The van der Waals surface area contributed by atoms with E-state index in [0.29, 0.717) is 0 Å². The number of hydrogen-bond donors (Lipinski definition) is 1. The van der Waals surface area contributed by atoms with Crippen molar-refractivity contribution < 1.29 is 13.0 Å². The topological polar surface area (TPSA) is 72.2 Å². The van der Waals surface area contributed by atoms with Gasteiger partial charge < -0.3 is 4.57 Å². The largest absolute Gasteiger partial charge is 0.328 e. The van der Waals surface area contributed by atoms with Crippen molar-refractivity contribution in [2.45, 2.75) is 24.3 Å². The molecule has 1 aromatic carbocycles. The van der Waals surface area contributed by atoms with E-state index in [1.165, 1.54) is 12.1 Å². The lowest BCUT2D eigenvalue weighted by atomic mass is 10.3. The van der Waals surface area contributed by atoms with Crippen LogP contribution in [-0.4, -0.2) is 22.5 Å². The third-order valence-electron chi connectivity index (χ3n) is 2.88. The summed E-state index contributed by atoms with van der Waals surface area (Å²) in [6, 6.07) is 4.48. The number of benzene rings is 1. The molecule has 0 bridgehead atoms. The van der Waals surface area contributed by atoms with Gasteiger partial charge in [0.1, 0.15) is 5.82 Å². The first-order chi connectivity index (χ1) is 7.55. The predicted octanol–water partition coefficient (Wildman–Crippen LogP) is 1.23. The van der Waals surface area contributed by atoms with Crippen molar-refractivity contribution in [3.8, 4) is 0 Å². The van der Waals surface area contributed by atoms with Gasteiger partial charge in [0.15, 0.2) is 0 Å². The monoisotopic (exact) mass is 238 g/mol. The molecule has 1 aliphatic heterocycles. The zero-order chi connectivity index (χ0) is 11.3. The van der Waals surface area contributed by atoms with Gasteiger partial charge in [0.25, 0.3) is 10.1 Å². The molecule has 16 heavy (non-hydrogen) atoms. The van der Waals surface area contributed by atoms with Crippen LogP contribution >= 0.6 is 0 Å². The smallest absolute Gasteiger partial charge is 0.294 e. The van der Waals surface area contributed by atoms with Crippen LogP contribution in [0.1, 0.15) is 12.2 Å². The van der Waals surface area contributed by atoms with E-state index in [1.54, 1.807) is 6.07 Å². The van der Waals surface area contributed by atoms with Gasteiger partial charge in [-0.15, -0.1) is 0 Å². The van der Waals surface area contributed by atoms with Gasteiger partial charge >= 0.3 is 0 Å². The first kappa shape index (κ1) is 9.80. The number of imidazole rings is 1. The molecule has 1 aliphatic rings. The van der Waals surface area contributed by atoms with Crippen LogP contribution < -0.4 is 0 Å². The molecule has 1 aromatic heterocycles. The standard InChI is InChI=1S/C10H10N2O3S/c13-16(14,15)7-3-4-8-9(6-7)12-5-1-2-10(12)11-8/h3-4,6H,1-2,5H2,(H,13,14,15). The van der Waals surface area contributed by atoms with Crippen LogP contribution in [-0.2, 0) is 23.1 Å². The average molecular weight is 238 g/mol. The average Bonchev–Trinajstić information content (AvgIpc) is 2.74. The normalized spacial score (nSPS) is 15.6. The van der Waals surface area contributed by atoms with E-state index in [2.05, 4.69) is 4.98 Å². The molecule has 2 aromatic rings. The first-order valence-electron chi connectivity index (χ1n) is 5.02. The Morgan fingerprint density at radius 3 is 2.94 bits per heavy atom. The maximum absolute atomic E-state index is 11.0. The number of aromatic nitrogens is 2. The summed E-state index contributed by atoms with van der Waals surface area (Å²) in [6.07, 6.45) is 1.96. The van der Waals surface area contributed by atoms with Crippen LogP contribution in [0.15, 0.2) is 23.1 Å². The van der Waals surface area contributed by atoms with Crippen LogP contribution in [0.25, 0.3) is 11.0 Å². The summed E-state index contributed by atoms with van der Waals surface area (Å²) in [5.41, 5.74) is 1.56. The second-order valence-corrected chi connectivity index (χ2v) is 5.33. The summed E-state index contributed by atoms with van der Waals surface area (Å²) < 4.78 is 33.0. The number of hydrogen-bond acceptors (Lipinski definition) is 3. The fourth-order valence-corrected chi connectivity index (χ4v) is 2.65. The van der Waals surface area contributed by atoms with E-state index in [4.69, 9.17) is 4.55 Å².